The van der Waals surface area contributed by atoms with Crippen LogP contribution in [0.3, 0.4) is 0 Å². The molecule has 20 heavy (non-hydrogen) atoms. The third-order valence-corrected chi connectivity index (χ3v) is 3.34. The lowest BCUT2D eigenvalue weighted by atomic mass is 10.3. The van der Waals surface area contributed by atoms with E-state index in [1.807, 2.05) is 24.3 Å². The minimum atomic E-state index is -0.846. The van der Waals surface area contributed by atoms with Gasteiger partial charge in [-0.1, -0.05) is 15.9 Å². The van der Waals surface area contributed by atoms with Gasteiger partial charge in [-0.05, 0) is 38.2 Å². The van der Waals surface area contributed by atoms with Gasteiger partial charge >= 0.3 is 6.03 Å². The molecule has 3 amide bonds. The van der Waals surface area contributed by atoms with Crippen LogP contribution in [0.1, 0.15) is 6.92 Å². The Bertz CT molecular complexity index is 464. The monoisotopic (exact) mass is 343 g/mol. The summed E-state index contributed by atoms with van der Waals surface area (Å²) in [5.41, 5.74) is 4.90. The van der Waals surface area contributed by atoms with Gasteiger partial charge < -0.3 is 10.5 Å². The van der Waals surface area contributed by atoms with Crippen LogP contribution < -0.4 is 15.8 Å². The van der Waals surface area contributed by atoms with Crippen molar-refractivity contribution in [3.8, 4) is 5.75 Å². The second kappa shape index (κ2) is 7.86. The zero-order valence-corrected chi connectivity index (χ0v) is 13.0. The summed E-state index contributed by atoms with van der Waals surface area (Å²) in [4.78, 5) is 23.9. The van der Waals surface area contributed by atoms with Crippen LogP contribution in [-0.4, -0.2) is 43.1 Å². The van der Waals surface area contributed by atoms with Gasteiger partial charge in [-0.15, -0.1) is 0 Å². The molecule has 1 aromatic carbocycles. The van der Waals surface area contributed by atoms with E-state index in [4.69, 9.17) is 10.5 Å². The number of nitrogens with zero attached hydrogens (tertiary/aromatic N) is 1. The summed E-state index contributed by atoms with van der Waals surface area (Å²) < 4.78 is 6.54. The second-order valence-electron chi connectivity index (χ2n) is 4.31. The van der Waals surface area contributed by atoms with E-state index in [9.17, 15) is 9.59 Å². The average Bonchev–Trinajstić information content (AvgIpc) is 2.39. The van der Waals surface area contributed by atoms with E-state index in [1.54, 1.807) is 18.9 Å². The lowest BCUT2D eigenvalue weighted by Crippen LogP contribution is -2.47. The molecule has 0 saturated carbocycles. The first-order valence-electron chi connectivity index (χ1n) is 6.09. The number of amides is 3. The Labute approximate surface area is 126 Å². The van der Waals surface area contributed by atoms with E-state index >= 15 is 0 Å². The van der Waals surface area contributed by atoms with Gasteiger partial charge in [0.25, 0.3) is 0 Å². The third-order valence-electron chi connectivity index (χ3n) is 2.81. The van der Waals surface area contributed by atoms with Crippen LogP contribution >= 0.6 is 15.9 Å². The van der Waals surface area contributed by atoms with Crippen molar-refractivity contribution in [3.05, 3.63) is 28.7 Å². The maximum absolute atomic E-state index is 11.6. The molecular formula is C13H18BrN3O3. The quantitative estimate of drug-likeness (QED) is 0.816. The molecule has 0 aliphatic rings. The Balaban J connectivity index is 2.35. The highest BCUT2D eigenvalue weighted by Crippen LogP contribution is 2.15. The molecule has 1 atom stereocenters. The van der Waals surface area contributed by atoms with Crippen LogP contribution in [-0.2, 0) is 4.79 Å². The fourth-order valence-electron chi connectivity index (χ4n) is 1.46. The summed E-state index contributed by atoms with van der Waals surface area (Å²) in [6.07, 6.45) is 0. The first kappa shape index (κ1) is 16.5. The number of halogens is 1. The minimum absolute atomic E-state index is 0.427. The molecule has 0 heterocycles. The molecule has 0 radical (unpaired) electrons. The van der Waals surface area contributed by atoms with E-state index in [2.05, 4.69) is 21.2 Å². The summed E-state index contributed by atoms with van der Waals surface area (Å²) in [5, 5.41) is 2.05. The molecule has 0 spiro atoms. The molecule has 1 aromatic rings. The minimum Gasteiger partial charge on any atom is -0.492 e. The van der Waals surface area contributed by atoms with E-state index in [0.29, 0.717) is 13.2 Å². The van der Waals surface area contributed by atoms with Crippen LogP contribution in [0.5, 0.6) is 5.75 Å². The zero-order chi connectivity index (χ0) is 15.1. The molecule has 0 fully saturated rings. The molecule has 1 rings (SSSR count). The number of nitrogens with one attached hydrogen (secondary N) is 1. The number of ether oxygens (including phenoxy) is 1. The zero-order valence-electron chi connectivity index (χ0n) is 11.4. The van der Waals surface area contributed by atoms with Crippen LogP contribution in [0.25, 0.3) is 0 Å². The van der Waals surface area contributed by atoms with Gasteiger partial charge in [0.05, 0.1) is 6.04 Å². The summed E-state index contributed by atoms with van der Waals surface area (Å²) in [5.74, 6) is 0.333. The van der Waals surface area contributed by atoms with Crippen molar-refractivity contribution in [1.29, 1.82) is 0 Å². The van der Waals surface area contributed by atoms with Crippen molar-refractivity contribution in [2.75, 3.05) is 20.2 Å². The van der Waals surface area contributed by atoms with E-state index in [-0.39, 0.29) is 0 Å². The van der Waals surface area contributed by atoms with Crippen LogP contribution in [0, 0.1) is 0 Å². The van der Waals surface area contributed by atoms with Crippen molar-refractivity contribution in [1.82, 2.24) is 10.2 Å². The van der Waals surface area contributed by atoms with Crippen molar-refractivity contribution in [3.63, 3.8) is 0 Å². The molecule has 0 aliphatic heterocycles. The first-order valence-corrected chi connectivity index (χ1v) is 6.88. The van der Waals surface area contributed by atoms with Gasteiger partial charge in [0.15, 0.2) is 0 Å². The predicted octanol–water partition coefficient (Wildman–Crippen LogP) is 1.34. The third kappa shape index (κ3) is 5.58. The number of primary amides is 1. The molecule has 110 valence electrons. The number of rotatable bonds is 6. The van der Waals surface area contributed by atoms with Crippen LogP contribution in [0.15, 0.2) is 28.7 Å². The van der Waals surface area contributed by atoms with Gasteiger partial charge in [0.1, 0.15) is 12.4 Å². The molecule has 0 aliphatic carbocycles. The van der Waals surface area contributed by atoms with E-state index < -0.39 is 18.0 Å². The highest BCUT2D eigenvalue weighted by Gasteiger charge is 2.18. The fraction of sp³-hybridized carbons (Fsp3) is 0.385. The smallest absolute Gasteiger partial charge is 0.318 e. The molecule has 0 aromatic heterocycles. The SMILES string of the molecule is C[C@@H](C(=O)NC(N)=O)N(C)CCOc1ccc(Br)cc1. The number of hydrogen-bond donors (Lipinski definition) is 2. The Morgan fingerprint density at radius 1 is 1.40 bits per heavy atom. The standard InChI is InChI=1S/C13H18BrN3O3/c1-9(12(18)16-13(15)19)17(2)7-8-20-11-5-3-10(14)4-6-11/h3-6,9H,7-8H2,1-2H3,(H3,15,16,18,19)/t9-/m0/s1. The summed E-state index contributed by atoms with van der Waals surface area (Å²) in [7, 11) is 1.77. The number of likely N-dealkylation sites (N-methyl/N-ethyl adjacent to an activating group) is 1. The van der Waals surface area contributed by atoms with Gasteiger partial charge in [-0.25, -0.2) is 4.79 Å². The highest BCUT2D eigenvalue weighted by molar-refractivity contribution is 9.10. The topological polar surface area (TPSA) is 84.7 Å². The van der Waals surface area contributed by atoms with Gasteiger partial charge in [0, 0.05) is 11.0 Å². The van der Waals surface area contributed by atoms with Crippen molar-refractivity contribution >= 4 is 27.9 Å². The number of benzene rings is 1. The number of nitrogens with two attached hydrogens (primary N) is 1. The maximum Gasteiger partial charge on any atom is 0.318 e. The highest BCUT2D eigenvalue weighted by atomic mass is 79.9. The first-order chi connectivity index (χ1) is 9.40. The Kier molecular flexibility index (Phi) is 6.47. The number of urea groups is 1. The number of imide groups is 1. The fourth-order valence-corrected chi connectivity index (χ4v) is 1.72. The van der Waals surface area contributed by atoms with E-state index in [1.165, 1.54) is 0 Å². The van der Waals surface area contributed by atoms with Gasteiger partial charge in [-0.2, -0.15) is 0 Å². The average molecular weight is 344 g/mol. The normalized spacial score (nSPS) is 12.0. The lowest BCUT2D eigenvalue weighted by Gasteiger charge is -2.23. The Morgan fingerprint density at radius 2 is 2.00 bits per heavy atom. The molecule has 0 bridgehead atoms. The van der Waals surface area contributed by atoms with Crippen LogP contribution in [0.2, 0.25) is 0 Å². The molecular weight excluding hydrogens is 326 g/mol. The van der Waals surface area contributed by atoms with Crippen molar-refractivity contribution in [2.45, 2.75) is 13.0 Å². The van der Waals surface area contributed by atoms with Gasteiger partial charge in [0.2, 0.25) is 5.91 Å². The van der Waals surface area contributed by atoms with Crippen molar-refractivity contribution < 1.29 is 14.3 Å². The predicted molar refractivity (Wildman–Crippen MR) is 79.5 cm³/mol. The summed E-state index contributed by atoms with van der Waals surface area (Å²) in [6.45, 7) is 2.67. The molecule has 6 nitrogen and oxygen atoms in total. The Morgan fingerprint density at radius 3 is 2.55 bits per heavy atom. The molecule has 0 saturated heterocycles. The summed E-state index contributed by atoms with van der Waals surface area (Å²) in [6, 6.07) is 6.18. The lowest BCUT2D eigenvalue weighted by molar-refractivity contribution is -0.124. The number of carbonyl (C=O) groups excluding carboxylic acids is 2. The summed E-state index contributed by atoms with van der Waals surface area (Å²) >= 11 is 3.35. The van der Waals surface area contributed by atoms with E-state index in [0.717, 1.165) is 10.2 Å². The van der Waals surface area contributed by atoms with Gasteiger partial charge in [-0.3, -0.25) is 15.0 Å². The molecule has 7 heteroatoms. The number of hydrogen-bond acceptors (Lipinski definition) is 4. The largest absolute Gasteiger partial charge is 0.492 e. The number of carbonyl (C=O) groups is 2. The Hall–Kier alpha value is -1.60. The van der Waals surface area contributed by atoms with Crippen molar-refractivity contribution in [2.24, 2.45) is 5.73 Å². The second-order valence-corrected chi connectivity index (χ2v) is 5.23. The van der Waals surface area contributed by atoms with Crippen LogP contribution in [0.4, 0.5) is 4.79 Å². The molecule has 3 N–H and O–H groups in total. The molecule has 0 unspecified atom stereocenters. The maximum atomic E-state index is 11.6.